The third-order valence-corrected chi connectivity index (χ3v) is 3.18. The normalized spacial score (nSPS) is 13.1. The van der Waals surface area contributed by atoms with Gasteiger partial charge in [-0.15, -0.1) is 0 Å². The van der Waals surface area contributed by atoms with E-state index in [2.05, 4.69) is 49.5 Å². The van der Waals surface area contributed by atoms with Gasteiger partial charge < -0.3 is 0 Å². The minimum atomic E-state index is -0.463. The topological polar surface area (TPSA) is 35.8 Å². The number of benzene rings is 1. The van der Waals surface area contributed by atoms with Gasteiger partial charge in [0.15, 0.2) is 0 Å². The molecule has 1 N–H and O–H groups in total. The summed E-state index contributed by atoms with van der Waals surface area (Å²) in [6.45, 7) is 8.96. The van der Waals surface area contributed by atoms with Crippen molar-refractivity contribution in [3.8, 4) is 6.07 Å². The van der Waals surface area contributed by atoms with Crippen LogP contribution in [0.3, 0.4) is 0 Å². The van der Waals surface area contributed by atoms with E-state index in [1.165, 1.54) is 17.5 Å². The highest BCUT2D eigenvalue weighted by Gasteiger charge is 2.14. The molecule has 1 aromatic rings. The van der Waals surface area contributed by atoms with Crippen molar-refractivity contribution >= 4 is 0 Å². The van der Waals surface area contributed by atoms with Crippen molar-refractivity contribution in [1.82, 2.24) is 5.32 Å². The van der Waals surface area contributed by atoms with Crippen LogP contribution in [0.5, 0.6) is 0 Å². The number of nitriles is 1. The van der Waals surface area contributed by atoms with Crippen LogP contribution in [-0.4, -0.2) is 5.54 Å². The van der Waals surface area contributed by atoms with Crippen molar-refractivity contribution in [2.75, 3.05) is 0 Å². The summed E-state index contributed by atoms with van der Waals surface area (Å²) in [5.41, 5.74) is 2.14. The van der Waals surface area contributed by atoms with Gasteiger partial charge in [0, 0.05) is 6.54 Å². The van der Waals surface area contributed by atoms with Crippen LogP contribution in [0.15, 0.2) is 24.3 Å². The van der Waals surface area contributed by atoms with E-state index in [4.69, 9.17) is 5.26 Å². The van der Waals surface area contributed by atoms with Crippen molar-refractivity contribution in [3.05, 3.63) is 35.4 Å². The molecular weight excluding hydrogens is 208 g/mol. The number of rotatable bonds is 5. The molecule has 0 aliphatic rings. The van der Waals surface area contributed by atoms with Crippen LogP contribution in [0.25, 0.3) is 0 Å². The van der Waals surface area contributed by atoms with Crippen LogP contribution in [0.4, 0.5) is 0 Å². The van der Waals surface area contributed by atoms with Crippen LogP contribution >= 0.6 is 0 Å². The summed E-state index contributed by atoms with van der Waals surface area (Å²) in [4.78, 5) is 0. The van der Waals surface area contributed by atoms with Crippen molar-refractivity contribution in [1.29, 1.82) is 5.26 Å². The molecule has 17 heavy (non-hydrogen) atoms. The fourth-order valence-electron chi connectivity index (χ4n) is 1.56. The SMILES string of the molecule is CCC(C)c1ccc(CNC(C)(C)C#N)cc1. The quantitative estimate of drug-likeness (QED) is 0.839. The summed E-state index contributed by atoms with van der Waals surface area (Å²) in [7, 11) is 0. The molecular formula is C15H22N2. The van der Waals surface area contributed by atoms with Gasteiger partial charge in [0.05, 0.1) is 6.07 Å². The molecule has 0 bridgehead atoms. The Morgan fingerprint density at radius 1 is 1.29 bits per heavy atom. The molecule has 0 aliphatic heterocycles. The molecule has 0 spiro atoms. The average molecular weight is 230 g/mol. The van der Waals surface area contributed by atoms with Gasteiger partial charge in [-0.25, -0.2) is 0 Å². The maximum absolute atomic E-state index is 8.91. The standard InChI is InChI=1S/C15H22N2/c1-5-12(2)14-8-6-13(7-9-14)10-17-15(3,4)11-16/h6-9,12,17H,5,10H2,1-4H3. The molecule has 2 nitrogen and oxygen atoms in total. The van der Waals surface area contributed by atoms with E-state index in [0.29, 0.717) is 5.92 Å². The minimum Gasteiger partial charge on any atom is -0.296 e. The molecule has 0 aromatic heterocycles. The van der Waals surface area contributed by atoms with Gasteiger partial charge in [0.2, 0.25) is 0 Å². The molecule has 0 amide bonds. The van der Waals surface area contributed by atoms with Gasteiger partial charge in [0.25, 0.3) is 0 Å². The van der Waals surface area contributed by atoms with Crippen LogP contribution in [0.1, 0.15) is 51.2 Å². The first-order chi connectivity index (χ1) is 7.98. The molecule has 92 valence electrons. The average Bonchev–Trinajstić information content (AvgIpc) is 2.36. The predicted molar refractivity (Wildman–Crippen MR) is 71.7 cm³/mol. The number of nitrogens with one attached hydrogen (secondary N) is 1. The fraction of sp³-hybridized carbons (Fsp3) is 0.533. The van der Waals surface area contributed by atoms with Crippen LogP contribution in [-0.2, 0) is 6.54 Å². The predicted octanol–water partition coefficient (Wildman–Crippen LogP) is 3.59. The molecule has 0 aliphatic carbocycles. The zero-order valence-electron chi connectivity index (χ0n) is 11.2. The van der Waals surface area contributed by atoms with Crippen LogP contribution in [0, 0.1) is 11.3 Å². The Bertz CT molecular complexity index is 384. The highest BCUT2D eigenvalue weighted by Crippen LogP contribution is 2.18. The summed E-state index contributed by atoms with van der Waals surface area (Å²) >= 11 is 0. The molecule has 1 unspecified atom stereocenters. The van der Waals surface area contributed by atoms with Crippen molar-refractivity contribution in [3.63, 3.8) is 0 Å². The highest BCUT2D eigenvalue weighted by atomic mass is 14.9. The zero-order valence-corrected chi connectivity index (χ0v) is 11.2. The van der Waals surface area contributed by atoms with Gasteiger partial charge in [-0.1, -0.05) is 38.1 Å². The minimum absolute atomic E-state index is 0.463. The molecule has 0 heterocycles. The Kier molecular flexibility index (Phi) is 4.72. The van der Waals surface area contributed by atoms with Gasteiger partial charge in [-0.05, 0) is 37.3 Å². The highest BCUT2D eigenvalue weighted by molar-refractivity contribution is 5.25. The second-order valence-corrected chi connectivity index (χ2v) is 5.14. The first kappa shape index (κ1) is 13.7. The zero-order chi connectivity index (χ0) is 12.9. The summed E-state index contributed by atoms with van der Waals surface area (Å²) < 4.78 is 0. The lowest BCUT2D eigenvalue weighted by atomic mass is 9.97. The Balaban J connectivity index is 2.61. The Hall–Kier alpha value is -1.33. The van der Waals surface area contributed by atoms with Crippen LogP contribution in [0.2, 0.25) is 0 Å². The Morgan fingerprint density at radius 3 is 2.35 bits per heavy atom. The van der Waals surface area contributed by atoms with Gasteiger partial charge in [-0.3, -0.25) is 5.32 Å². The molecule has 2 heteroatoms. The van der Waals surface area contributed by atoms with E-state index < -0.39 is 5.54 Å². The third-order valence-electron chi connectivity index (χ3n) is 3.18. The van der Waals surface area contributed by atoms with E-state index in [1.54, 1.807) is 0 Å². The van der Waals surface area contributed by atoms with E-state index in [-0.39, 0.29) is 0 Å². The van der Waals surface area contributed by atoms with Crippen LogP contribution < -0.4 is 5.32 Å². The van der Waals surface area contributed by atoms with E-state index in [9.17, 15) is 0 Å². The second-order valence-electron chi connectivity index (χ2n) is 5.14. The molecule has 1 aromatic carbocycles. The lowest BCUT2D eigenvalue weighted by Crippen LogP contribution is -2.36. The van der Waals surface area contributed by atoms with Gasteiger partial charge in [0.1, 0.15) is 5.54 Å². The van der Waals surface area contributed by atoms with E-state index in [1.807, 2.05) is 13.8 Å². The lowest BCUT2D eigenvalue weighted by molar-refractivity contribution is 0.485. The summed E-state index contributed by atoms with van der Waals surface area (Å²) in [6, 6.07) is 10.9. The number of hydrogen-bond donors (Lipinski definition) is 1. The van der Waals surface area contributed by atoms with E-state index in [0.717, 1.165) is 6.54 Å². The van der Waals surface area contributed by atoms with E-state index >= 15 is 0 Å². The van der Waals surface area contributed by atoms with Crippen molar-refractivity contribution in [2.24, 2.45) is 0 Å². The maximum atomic E-state index is 8.91. The lowest BCUT2D eigenvalue weighted by Gasteiger charge is -2.17. The Labute approximate surface area is 105 Å². The molecule has 0 fully saturated rings. The summed E-state index contributed by atoms with van der Waals surface area (Å²) in [5.74, 6) is 0.618. The van der Waals surface area contributed by atoms with Crippen molar-refractivity contribution < 1.29 is 0 Å². The maximum Gasteiger partial charge on any atom is 0.101 e. The number of hydrogen-bond acceptors (Lipinski definition) is 2. The molecule has 1 atom stereocenters. The first-order valence-electron chi connectivity index (χ1n) is 6.23. The molecule has 0 radical (unpaired) electrons. The largest absolute Gasteiger partial charge is 0.296 e. The monoisotopic (exact) mass is 230 g/mol. The molecule has 0 saturated carbocycles. The summed E-state index contributed by atoms with van der Waals surface area (Å²) in [6.07, 6.45) is 1.17. The van der Waals surface area contributed by atoms with Gasteiger partial charge >= 0.3 is 0 Å². The molecule has 1 rings (SSSR count). The van der Waals surface area contributed by atoms with Crippen molar-refractivity contribution in [2.45, 2.75) is 52.1 Å². The third kappa shape index (κ3) is 4.20. The second kappa shape index (κ2) is 5.84. The molecule has 0 saturated heterocycles. The smallest absolute Gasteiger partial charge is 0.101 e. The Morgan fingerprint density at radius 2 is 1.88 bits per heavy atom. The first-order valence-corrected chi connectivity index (χ1v) is 6.23. The fourth-order valence-corrected chi connectivity index (χ4v) is 1.56. The van der Waals surface area contributed by atoms with Gasteiger partial charge in [-0.2, -0.15) is 5.26 Å². The summed E-state index contributed by atoms with van der Waals surface area (Å²) in [5, 5.41) is 12.1. The number of nitrogens with zero attached hydrogens (tertiary/aromatic N) is 1.